The van der Waals surface area contributed by atoms with Gasteiger partial charge in [-0.3, -0.25) is 4.90 Å². The molecule has 1 N–H and O–H groups in total. The van der Waals surface area contributed by atoms with Gasteiger partial charge in [-0.1, -0.05) is 32.0 Å². The Balaban J connectivity index is 2.06. The molecule has 112 valence electrons. The predicted molar refractivity (Wildman–Crippen MR) is 84.9 cm³/mol. The summed E-state index contributed by atoms with van der Waals surface area (Å²) in [6.45, 7) is 13.0. The van der Waals surface area contributed by atoms with Gasteiger partial charge in [0.15, 0.2) is 0 Å². The minimum Gasteiger partial charge on any atom is -0.387 e. The second-order valence-electron chi connectivity index (χ2n) is 6.87. The summed E-state index contributed by atoms with van der Waals surface area (Å²) in [7, 11) is 0. The number of aryl methyl sites for hydroxylation is 2. The van der Waals surface area contributed by atoms with E-state index in [1.54, 1.807) is 0 Å². The van der Waals surface area contributed by atoms with Crippen LogP contribution in [-0.2, 0) is 0 Å². The lowest BCUT2D eigenvalue weighted by Crippen LogP contribution is -2.47. The summed E-state index contributed by atoms with van der Waals surface area (Å²) in [6, 6.07) is 6.86. The Kier molecular flexibility index (Phi) is 4.87. The highest BCUT2D eigenvalue weighted by atomic mass is 16.3. The van der Waals surface area contributed by atoms with Crippen molar-refractivity contribution in [1.82, 2.24) is 4.90 Å². The van der Waals surface area contributed by atoms with Crippen LogP contribution in [0.25, 0.3) is 0 Å². The highest BCUT2D eigenvalue weighted by Gasteiger charge is 2.30. The number of hydrogen-bond acceptors (Lipinski definition) is 2. The molecule has 0 spiro atoms. The van der Waals surface area contributed by atoms with Crippen LogP contribution in [0.5, 0.6) is 0 Å². The lowest BCUT2D eigenvalue weighted by Gasteiger charge is -2.42. The molecular weight excluding hydrogens is 246 g/mol. The Hall–Kier alpha value is -0.860. The zero-order valence-electron chi connectivity index (χ0n) is 13.6. The number of piperidine rings is 1. The number of rotatable bonds is 3. The molecule has 4 atom stereocenters. The molecule has 1 aliphatic heterocycles. The van der Waals surface area contributed by atoms with Crippen molar-refractivity contribution in [2.75, 3.05) is 13.1 Å². The molecule has 0 saturated carbocycles. The lowest BCUT2D eigenvalue weighted by molar-refractivity contribution is 0.0315. The summed E-state index contributed by atoms with van der Waals surface area (Å²) in [5, 5.41) is 10.5. The first-order chi connectivity index (χ1) is 9.38. The molecule has 1 fully saturated rings. The average molecular weight is 275 g/mol. The Morgan fingerprint density at radius 3 is 2.55 bits per heavy atom. The number of β-amino-alcohol motifs (C(OH)–C–C–N with tert-alkyl or cyclic N) is 1. The largest absolute Gasteiger partial charge is 0.387 e. The standard InChI is InChI=1S/C18H29NO/c1-12-8-15(4)16(5)19(10-12)11-18(20)17-7-6-13(2)14(3)9-17/h6-7,9,12,15-16,18,20H,8,10-11H2,1-5H3. The fourth-order valence-corrected chi connectivity index (χ4v) is 3.37. The van der Waals surface area contributed by atoms with Gasteiger partial charge in [-0.25, -0.2) is 0 Å². The number of nitrogens with zero attached hydrogens (tertiary/aromatic N) is 1. The van der Waals surface area contributed by atoms with Gasteiger partial charge >= 0.3 is 0 Å². The maximum Gasteiger partial charge on any atom is 0.0917 e. The van der Waals surface area contributed by atoms with Crippen LogP contribution in [0.4, 0.5) is 0 Å². The monoisotopic (exact) mass is 275 g/mol. The van der Waals surface area contributed by atoms with Gasteiger partial charge in [0.05, 0.1) is 6.10 Å². The van der Waals surface area contributed by atoms with Crippen LogP contribution in [0.3, 0.4) is 0 Å². The van der Waals surface area contributed by atoms with E-state index in [2.05, 4.69) is 57.7 Å². The normalized spacial score (nSPS) is 29.4. The van der Waals surface area contributed by atoms with Crippen molar-refractivity contribution in [2.45, 2.75) is 53.2 Å². The van der Waals surface area contributed by atoms with E-state index in [9.17, 15) is 5.11 Å². The second kappa shape index (κ2) is 6.28. The van der Waals surface area contributed by atoms with E-state index < -0.39 is 0 Å². The van der Waals surface area contributed by atoms with Gasteiger partial charge in [0.1, 0.15) is 0 Å². The molecule has 1 aliphatic rings. The summed E-state index contributed by atoms with van der Waals surface area (Å²) >= 11 is 0. The SMILES string of the molecule is Cc1ccc(C(O)CN2CC(C)CC(C)C2C)cc1C. The predicted octanol–water partition coefficient (Wildman–Crippen LogP) is 3.70. The van der Waals surface area contributed by atoms with Crippen molar-refractivity contribution in [3.8, 4) is 0 Å². The van der Waals surface area contributed by atoms with E-state index in [0.29, 0.717) is 12.0 Å². The van der Waals surface area contributed by atoms with Crippen molar-refractivity contribution in [1.29, 1.82) is 0 Å². The Labute approximate surface area is 123 Å². The molecule has 2 heteroatoms. The molecule has 20 heavy (non-hydrogen) atoms. The van der Waals surface area contributed by atoms with Gasteiger partial charge in [-0.2, -0.15) is 0 Å². The molecule has 0 bridgehead atoms. The summed E-state index contributed by atoms with van der Waals surface area (Å²) in [5.74, 6) is 1.44. The van der Waals surface area contributed by atoms with Crippen LogP contribution in [0.1, 0.15) is 50.0 Å². The third-order valence-corrected chi connectivity index (χ3v) is 5.04. The van der Waals surface area contributed by atoms with Crippen molar-refractivity contribution in [3.05, 3.63) is 34.9 Å². The van der Waals surface area contributed by atoms with Crippen LogP contribution in [0, 0.1) is 25.7 Å². The number of aliphatic hydroxyl groups is 1. The minimum absolute atomic E-state index is 0.380. The van der Waals surface area contributed by atoms with Crippen molar-refractivity contribution in [3.63, 3.8) is 0 Å². The fraction of sp³-hybridized carbons (Fsp3) is 0.667. The summed E-state index contributed by atoms with van der Waals surface area (Å²) in [5.41, 5.74) is 3.59. The molecule has 0 aliphatic carbocycles. The molecule has 2 nitrogen and oxygen atoms in total. The maximum absolute atomic E-state index is 10.5. The van der Waals surface area contributed by atoms with E-state index >= 15 is 0 Å². The van der Waals surface area contributed by atoms with Gasteiger partial charge in [0.2, 0.25) is 0 Å². The summed E-state index contributed by atoms with van der Waals surface area (Å²) in [6.07, 6.45) is 0.923. The molecule has 1 heterocycles. The van der Waals surface area contributed by atoms with Crippen molar-refractivity contribution >= 4 is 0 Å². The van der Waals surface area contributed by atoms with E-state index in [-0.39, 0.29) is 6.10 Å². The van der Waals surface area contributed by atoms with Crippen molar-refractivity contribution in [2.24, 2.45) is 11.8 Å². The van der Waals surface area contributed by atoms with Gasteiger partial charge in [-0.15, -0.1) is 0 Å². The first-order valence-corrected chi connectivity index (χ1v) is 7.87. The molecule has 1 aromatic rings. The fourth-order valence-electron chi connectivity index (χ4n) is 3.37. The maximum atomic E-state index is 10.5. The van der Waals surface area contributed by atoms with Gasteiger partial charge in [-0.05, 0) is 55.7 Å². The number of benzene rings is 1. The molecule has 0 amide bonds. The lowest BCUT2D eigenvalue weighted by atomic mass is 9.85. The van der Waals surface area contributed by atoms with E-state index in [1.165, 1.54) is 17.5 Å². The van der Waals surface area contributed by atoms with Crippen LogP contribution in [0.15, 0.2) is 18.2 Å². The van der Waals surface area contributed by atoms with Gasteiger partial charge in [0, 0.05) is 19.1 Å². The number of hydrogen-bond donors (Lipinski definition) is 1. The van der Waals surface area contributed by atoms with Crippen LogP contribution < -0.4 is 0 Å². The van der Waals surface area contributed by atoms with Crippen LogP contribution in [0.2, 0.25) is 0 Å². The van der Waals surface area contributed by atoms with E-state index in [4.69, 9.17) is 0 Å². The first-order valence-electron chi connectivity index (χ1n) is 7.87. The third kappa shape index (κ3) is 3.42. The quantitative estimate of drug-likeness (QED) is 0.909. The zero-order chi connectivity index (χ0) is 14.9. The highest BCUT2D eigenvalue weighted by Crippen LogP contribution is 2.29. The Morgan fingerprint density at radius 2 is 1.90 bits per heavy atom. The number of aliphatic hydroxyl groups excluding tert-OH is 1. The van der Waals surface area contributed by atoms with Gasteiger partial charge < -0.3 is 5.11 Å². The van der Waals surface area contributed by atoms with Crippen LogP contribution >= 0.6 is 0 Å². The van der Waals surface area contributed by atoms with Gasteiger partial charge in [0.25, 0.3) is 0 Å². The first kappa shape index (κ1) is 15.5. The van der Waals surface area contributed by atoms with E-state index in [0.717, 1.165) is 24.6 Å². The summed E-state index contributed by atoms with van der Waals surface area (Å²) in [4.78, 5) is 2.46. The number of likely N-dealkylation sites (tertiary alicyclic amines) is 1. The third-order valence-electron chi connectivity index (χ3n) is 5.04. The molecule has 1 saturated heterocycles. The zero-order valence-corrected chi connectivity index (χ0v) is 13.6. The molecule has 4 unspecified atom stereocenters. The average Bonchev–Trinajstić information content (AvgIpc) is 2.38. The Morgan fingerprint density at radius 1 is 1.20 bits per heavy atom. The molecule has 0 radical (unpaired) electrons. The second-order valence-corrected chi connectivity index (χ2v) is 6.87. The molecule has 2 rings (SSSR count). The summed E-state index contributed by atoms with van der Waals surface area (Å²) < 4.78 is 0. The molecule has 1 aromatic carbocycles. The highest BCUT2D eigenvalue weighted by molar-refractivity contribution is 5.31. The molecular formula is C18H29NO. The minimum atomic E-state index is -0.380. The molecule has 0 aromatic heterocycles. The topological polar surface area (TPSA) is 23.5 Å². The van der Waals surface area contributed by atoms with Crippen LogP contribution in [-0.4, -0.2) is 29.1 Å². The van der Waals surface area contributed by atoms with Crippen molar-refractivity contribution < 1.29 is 5.11 Å². The Bertz CT molecular complexity index is 457. The smallest absolute Gasteiger partial charge is 0.0917 e. The van der Waals surface area contributed by atoms with E-state index in [1.807, 2.05) is 0 Å².